The quantitative estimate of drug-likeness (QED) is 0.482. The van der Waals surface area contributed by atoms with Crippen LogP contribution in [0.3, 0.4) is 0 Å². The Hall–Kier alpha value is 1.38. The molecular formula is C17H34ClPPd. The van der Waals surface area contributed by atoms with E-state index in [-0.39, 0.29) is 20.3 Å². The summed E-state index contributed by atoms with van der Waals surface area (Å²) in [6, 6.07) is 0. The number of hydrogen-bond acceptors (Lipinski definition) is 0. The summed E-state index contributed by atoms with van der Waals surface area (Å²) in [6.07, 6.45) is 15.3. The van der Waals surface area contributed by atoms with Crippen molar-refractivity contribution < 1.29 is 31.6 Å². The van der Waals surface area contributed by atoms with E-state index in [1.54, 1.807) is 25.7 Å². The van der Waals surface area contributed by atoms with Crippen molar-refractivity contribution in [1.29, 1.82) is 0 Å². The van der Waals surface area contributed by atoms with E-state index in [9.17, 15) is 0 Å². The van der Waals surface area contributed by atoms with Gasteiger partial charge in [-0.1, -0.05) is 67.2 Å². The molecule has 2 aliphatic rings. The van der Waals surface area contributed by atoms with Gasteiger partial charge in [-0.15, -0.1) is 0 Å². The Morgan fingerprint density at radius 3 is 1.25 bits per heavy atom. The Kier molecular flexibility index (Phi) is 11.8. The second-order valence-corrected chi connectivity index (χ2v) is 10.8. The van der Waals surface area contributed by atoms with Crippen molar-refractivity contribution in [3.8, 4) is 0 Å². The van der Waals surface area contributed by atoms with Crippen molar-refractivity contribution in [2.24, 2.45) is 0 Å². The van der Waals surface area contributed by atoms with Crippen LogP contribution in [0.5, 0.6) is 0 Å². The van der Waals surface area contributed by atoms with Crippen LogP contribution >= 0.6 is 7.92 Å². The maximum absolute atomic E-state index is 2.75. The van der Waals surface area contributed by atoms with Crippen molar-refractivity contribution in [1.82, 2.24) is 0 Å². The van der Waals surface area contributed by atoms with Gasteiger partial charge in [0.05, 0.1) is 0 Å². The second-order valence-electron chi connectivity index (χ2n) is 7.16. The summed E-state index contributed by atoms with van der Waals surface area (Å²) in [6.45, 7) is 7.59. The third kappa shape index (κ3) is 6.65. The SMILES string of the molecule is CC(C)(C)P(C1CCCCC1)C1CCCCC1.[CH3][Pd+].[Cl-]. The van der Waals surface area contributed by atoms with E-state index < -0.39 is 0 Å². The van der Waals surface area contributed by atoms with Crippen molar-refractivity contribution in [2.45, 2.75) is 107 Å². The van der Waals surface area contributed by atoms with E-state index in [0.717, 1.165) is 11.3 Å². The minimum atomic E-state index is 0. The van der Waals surface area contributed by atoms with Crippen molar-refractivity contribution in [3.05, 3.63) is 0 Å². The maximum atomic E-state index is 2.75. The average Bonchev–Trinajstić information content (AvgIpc) is 2.42. The Bertz CT molecular complexity index is 210. The molecule has 0 aromatic rings. The Morgan fingerprint density at radius 1 is 0.700 bits per heavy atom. The Morgan fingerprint density at radius 2 is 1.00 bits per heavy atom. The first-order valence-corrected chi connectivity index (χ1v) is 11.2. The molecular weight excluding hydrogens is 377 g/mol. The number of halogens is 1. The molecule has 0 amide bonds. The molecule has 2 rings (SSSR count). The van der Waals surface area contributed by atoms with Gasteiger partial charge in [0.15, 0.2) is 0 Å². The molecule has 0 aliphatic heterocycles. The Balaban J connectivity index is 0.00000115. The second kappa shape index (κ2) is 11.0. The van der Waals surface area contributed by atoms with Crippen molar-refractivity contribution in [2.75, 3.05) is 0 Å². The third-order valence-electron chi connectivity index (χ3n) is 4.71. The smallest absolute Gasteiger partial charge is 1.00 e. The van der Waals surface area contributed by atoms with Crippen LogP contribution < -0.4 is 12.4 Å². The summed E-state index contributed by atoms with van der Waals surface area (Å²) >= 11 is 2.75. The summed E-state index contributed by atoms with van der Waals surface area (Å²) < 4.78 is 0. The molecule has 0 aromatic carbocycles. The zero-order chi connectivity index (χ0) is 14.3. The van der Waals surface area contributed by atoms with Crippen molar-refractivity contribution in [3.63, 3.8) is 0 Å². The average molecular weight is 411 g/mol. The summed E-state index contributed by atoms with van der Waals surface area (Å²) in [7, 11) is 0.262. The van der Waals surface area contributed by atoms with E-state index in [2.05, 4.69) is 40.0 Å². The first-order valence-electron chi connectivity index (χ1n) is 8.19. The fraction of sp³-hybridized carbons (Fsp3) is 1.00. The molecule has 0 bridgehead atoms. The molecule has 0 aromatic heterocycles. The number of rotatable bonds is 2. The molecule has 2 saturated carbocycles. The zero-order valence-electron chi connectivity index (χ0n) is 13.9. The van der Waals surface area contributed by atoms with Gasteiger partial charge in [0.2, 0.25) is 0 Å². The molecule has 0 saturated heterocycles. The largest absolute Gasteiger partial charge is 1.00 e. The summed E-state index contributed by atoms with van der Waals surface area (Å²) in [5.74, 6) is 0. The van der Waals surface area contributed by atoms with Gasteiger partial charge in [-0.05, 0) is 42.2 Å². The molecule has 0 unspecified atom stereocenters. The molecule has 0 N–H and O–H groups in total. The van der Waals surface area contributed by atoms with Gasteiger partial charge in [0.25, 0.3) is 0 Å². The Labute approximate surface area is 146 Å². The molecule has 2 fully saturated rings. The van der Waals surface area contributed by atoms with Crippen LogP contribution in [-0.2, 0) is 19.2 Å². The van der Waals surface area contributed by atoms with Gasteiger partial charge < -0.3 is 12.4 Å². The van der Waals surface area contributed by atoms with Crippen LogP contribution in [-0.4, -0.2) is 16.5 Å². The molecule has 0 spiro atoms. The first kappa shape index (κ1) is 21.4. The van der Waals surface area contributed by atoms with Gasteiger partial charge in [-0.3, -0.25) is 0 Å². The van der Waals surface area contributed by atoms with E-state index in [0.29, 0.717) is 5.16 Å². The minimum Gasteiger partial charge on any atom is -1.00 e. The van der Waals surface area contributed by atoms with Gasteiger partial charge in [-0.2, -0.15) is 0 Å². The standard InChI is InChI=1S/C16H31P.CH3.ClH.Pd/c1-16(2,3)17(14-10-6-4-7-11-14)15-12-8-5-9-13-15;;;/h14-15H,4-13H2,1-3H3;1H3;1H;/q;;;+1/p-1. The zero-order valence-corrected chi connectivity index (χ0v) is 17.1. The van der Waals surface area contributed by atoms with Crippen LogP contribution in [0.15, 0.2) is 0 Å². The minimum absolute atomic E-state index is 0. The van der Waals surface area contributed by atoms with Crippen LogP contribution in [0.25, 0.3) is 0 Å². The molecule has 0 radical (unpaired) electrons. The van der Waals surface area contributed by atoms with Crippen LogP contribution in [0.1, 0.15) is 85.0 Å². The fourth-order valence-electron chi connectivity index (χ4n) is 4.11. The van der Waals surface area contributed by atoms with Crippen LogP contribution in [0, 0.1) is 0 Å². The predicted octanol–water partition coefficient (Wildman–Crippen LogP) is 3.52. The summed E-state index contributed by atoms with van der Waals surface area (Å²) in [5.41, 5.74) is 2.23. The molecule has 0 nitrogen and oxygen atoms in total. The molecule has 124 valence electrons. The predicted molar refractivity (Wildman–Crippen MR) is 86.3 cm³/mol. The van der Waals surface area contributed by atoms with Gasteiger partial charge in [0.1, 0.15) is 0 Å². The number of hydrogen-bond donors (Lipinski definition) is 0. The molecule has 0 atom stereocenters. The fourth-order valence-corrected chi connectivity index (χ4v) is 8.74. The van der Waals surface area contributed by atoms with Crippen LogP contribution in [0.2, 0.25) is 5.40 Å². The maximum Gasteiger partial charge on any atom is -1.00 e. The van der Waals surface area contributed by atoms with Gasteiger partial charge >= 0.3 is 24.6 Å². The van der Waals surface area contributed by atoms with E-state index >= 15 is 0 Å². The van der Waals surface area contributed by atoms with Gasteiger partial charge in [0, 0.05) is 0 Å². The van der Waals surface area contributed by atoms with Crippen LogP contribution in [0.4, 0.5) is 0 Å². The van der Waals surface area contributed by atoms with E-state index in [1.807, 2.05) is 5.40 Å². The molecule has 0 heterocycles. The monoisotopic (exact) mass is 410 g/mol. The third-order valence-corrected chi connectivity index (χ3v) is 8.87. The van der Waals surface area contributed by atoms with E-state index in [4.69, 9.17) is 0 Å². The van der Waals surface area contributed by atoms with Gasteiger partial charge in [-0.25, -0.2) is 0 Å². The molecule has 2 aliphatic carbocycles. The normalized spacial score (nSPS) is 21.9. The van der Waals surface area contributed by atoms with E-state index in [1.165, 1.54) is 38.5 Å². The molecule has 20 heavy (non-hydrogen) atoms. The first-order chi connectivity index (χ1) is 9.09. The summed E-state index contributed by atoms with van der Waals surface area (Å²) in [4.78, 5) is 0. The topological polar surface area (TPSA) is 0 Å². The summed E-state index contributed by atoms with van der Waals surface area (Å²) in [5, 5.41) is 2.45. The molecule has 3 heteroatoms. The van der Waals surface area contributed by atoms with Crippen molar-refractivity contribution >= 4 is 7.92 Å².